The second-order valence-electron chi connectivity index (χ2n) is 4.37. The fourth-order valence-electron chi connectivity index (χ4n) is 2.44. The Morgan fingerprint density at radius 1 is 1.41 bits per heavy atom. The minimum Gasteiger partial charge on any atom is -0.466 e. The van der Waals surface area contributed by atoms with Crippen LogP contribution in [0.1, 0.15) is 24.8 Å². The molecule has 1 aromatic rings. The molecule has 0 saturated carbocycles. The van der Waals surface area contributed by atoms with Crippen molar-refractivity contribution in [2.24, 2.45) is 5.92 Å². The van der Waals surface area contributed by atoms with Crippen LogP contribution in [-0.2, 0) is 9.53 Å². The van der Waals surface area contributed by atoms with Crippen LogP contribution in [-0.4, -0.2) is 25.7 Å². The molecular formula is C14H19NO2. The fraction of sp³-hybridized carbons (Fsp3) is 0.500. The zero-order chi connectivity index (χ0) is 12.1. The zero-order valence-corrected chi connectivity index (χ0v) is 10.2. The van der Waals surface area contributed by atoms with Crippen LogP contribution >= 0.6 is 0 Å². The first-order chi connectivity index (χ1) is 8.33. The van der Waals surface area contributed by atoms with E-state index in [-0.39, 0.29) is 17.8 Å². The highest BCUT2D eigenvalue weighted by atomic mass is 16.5. The van der Waals surface area contributed by atoms with Crippen molar-refractivity contribution in [3.63, 3.8) is 0 Å². The Kier molecular flexibility index (Phi) is 4.15. The third-order valence-electron chi connectivity index (χ3n) is 3.30. The van der Waals surface area contributed by atoms with Gasteiger partial charge < -0.3 is 10.1 Å². The van der Waals surface area contributed by atoms with Gasteiger partial charge in [-0.2, -0.15) is 0 Å². The highest BCUT2D eigenvalue weighted by molar-refractivity contribution is 5.74. The van der Waals surface area contributed by atoms with E-state index in [0.717, 1.165) is 19.5 Å². The normalized spacial score (nSPS) is 24.3. The quantitative estimate of drug-likeness (QED) is 0.811. The van der Waals surface area contributed by atoms with Crippen LogP contribution in [0.15, 0.2) is 30.3 Å². The molecule has 17 heavy (non-hydrogen) atoms. The molecular weight excluding hydrogens is 214 g/mol. The number of esters is 1. The number of rotatable bonds is 3. The molecule has 3 heteroatoms. The van der Waals surface area contributed by atoms with Crippen molar-refractivity contribution in [3.05, 3.63) is 35.9 Å². The summed E-state index contributed by atoms with van der Waals surface area (Å²) < 4.78 is 5.17. The summed E-state index contributed by atoms with van der Waals surface area (Å²) in [4.78, 5) is 11.9. The Balaban J connectivity index is 2.15. The molecule has 0 radical (unpaired) electrons. The number of piperidine rings is 1. The molecule has 1 N–H and O–H groups in total. The van der Waals surface area contributed by atoms with Crippen LogP contribution in [0.25, 0.3) is 0 Å². The van der Waals surface area contributed by atoms with E-state index in [1.54, 1.807) is 0 Å². The van der Waals surface area contributed by atoms with Crippen molar-refractivity contribution in [2.45, 2.75) is 19.3 Å². The fourth-order valence-corrected chi connectivity index (χ4v) is 2.44. The summed E-state index contributed by atoms with van der Waals surface area (Å²) in [6.07, 6.45) is 0.860. The second kappa shape index (κ2) is 5.82. The highest BCUT2D eigenvalue weighted by Crippen LogP contribution is 2.30. The van der Waals surface area contributed by atoms with Gasteiger partial charge in [-0.05, 0) is 25.5 Å². The molecule has 1 aliphatic rings. The predicted octanol–water partition coefficient (Wildman–Crippen LogP) is 1.94. The lowest BCUT2D eigenvalue weighted by molar-refractivity contribution is -0.149. The van der Waals surface area contributed by atoms with E-state index in [4.69, 9.17) is 4.74 Å². The van der Waals surface area contributed by atoms with Crippen molar-refractivity contribution in [1.29, 1.82) is 0 Å². The van der Waals surface area contributed by atoms with Gasteiger partial charge >= 0.3 is 5.97 Å². The minimum atomic E-state index is -0.0529. The molecule has 1 aliphatic heterocycles. The monoisotopic (exact) mass is 233 g/mol. The lowest BCUT2D eigenvalue weighted by Crippen LogP contribution is -2.39. The molecule has 2 rings (SSSR count). The van der Waals surface area contributed by atoms with Crippen LogP contribution in [0.4, 0.5) is 0 Å². The minimum absolute atomic E-state index is 0.00130. The van der Waals surface area contributed by atoms with E-state index in [1.807, 2.05) is 25.1 Å². The average Bonchev–Trinajstić information content (AvgIpc) is 2.40. The molecule has 0 amide bonds. The first kappa shape index (κ1) is 12.1. The van der Waals surface area contributed by atoms with Crippen LogP contribution < -0.4 is 5.32 Å². The van der Waals surface area contributed by atoms with Gasteiger partial charge in [-0.15, -0.1) is 0 Å². The summed E-state index contributed by atoms with van der Waals surface area (Å²) in [5.74, 6) is 0.186. The second-order valence-corrected chi connectivity index (χ2v) is 4.37. The Morgan fingerprint density at radius 3 is 2.88 bits per heavy atom. The Bertz CT molecular complexity index is 364. The van der Waals surface area contributed by atoms with Gasteiger partial charge in [-0.3, -0.25) is 4.79 Å². The number of hydrogen-bond donors (Lipinski definition) is 1. The van der Waals surface area contributed by atoms with Crippen LogP contribution in [0, 0.1) is 5.92 Å². The van der Waals surface area contributed by atoms with Gasteiger partial charge in [0.1, 0.15) is 0 Å². The first-order valence-electron chi connectivity index (χ1n) is 6.25. The van der Waals surface area contributed by atoms with Gasteiger partial charge in [-0.1, -0.05) is 30.3 Å². The van der Waals surface area contributed by atoms with Gasteiger partial charge in [0.15, 0.2) is 0 Å². The first-order valence-corrected chi connectivity index (χ1v) is 6.25. The number of carbonyl (C=O) groups is 1. The lowest BCUT2D eigenvalue weighted by atomic mass is 9.81. The van der Waals surface area contributed by atoms with Crippen LogP contribution in [0.3, 0.4) is 0 Å². The zero-order valence-electron chi connectivity index (χ0n) is 10.2. The molecule has 1 aromatic carbocycles. The average molecular weight is 233 g/mol. The summed E-state index contributed by atoms with van der Waals surface area (Å²) in [6.45, 7) is 4.07. The molecule has 1 fully saturated rings. The Morgan fingerprint density at radius 2 is 2.18 bits per heavy atom. The van der Waals surface area contributed by atoms with E-state index in [0.29, 0.717) is 6.61 Å². The van der Waals surface area contributed by atoms with Crippen molar-refractivity contribution >= 4 is 5.97 Å². The molecule has 2 atom stereocenters. The highest BCUT2D eigenvalue weighted by Gasteiger charge is 2.32. The van der Waals surface area contributed by atoms with E-state index < -0.39 is 0 Å². The maximum absolute atomic E-state index is 11.9. The smallest absolute Gasteiger partial charge is 0.309 e. The van der Waals surface area contributed by atoms with Crippen molar-refractivity contribution in [3.8, 4) is 0 Å². The Labute approximate surface area is 102 Å². The van der Waals surface area contributed by atoms with Gasteiger partial charge in [0.25, 0.3) is 0 Å². The van der Waals surface area contributed by atoms with Crippen LogP contribution in [0.2, 0.25) is 0 Å². The number of hydrogen-bond acceptors (Lipinski definition) is 3. The molecule has 1 heterocycles. The SMILES string of the molecule is CCOC(=O)[C@@H]1CCNC[C@H]1c1ccccc1. The third kappa shape index (κ3) is 2.86. The number of nitrogens with one attached hydrogen (secondary N) is 1. The van der Waals surface area contributed by atoms with E-state index in [9.17, 15) is 4.79 Å². The van der Waals surface area contributed by atoms with Gasteiger partial charge in [0.2, 0.25) is 0 Å². The van der Waals surface area contributed by atoms with E-state index in [2.05, 4.69) is 17.4 Å². The summed E-state index contributed by atoms with van der Waals surface area (Å²) >= 11 is 0. The number of benzene rings is 1. The van der Waals surface area contributed by atoms with Crippen molar-refractivity contribution in [1.82, 2.24) is 5.32 Å². The number of ether oxygens (including phenoxy) is 1. The number of carbonyl (C=O) groups excluding carboxylic acids is 1. The largest absolute Gasteiger partial charge is 0.466 e. The summed E-state index contributed by atoms with van der Waals surface area (Å²) in [5, 5.41) is 3.35. The molecule has 0 aliphatic carbocycles. The summed E-state index contributed by atoms with van der Waals surface area (Å²) in [5.41, 5.74) is 1.22. The molecule has 3 nitrogen and oxygen atoms in total. The maximum Gasteiger partial charge on any atom is 0.309 e. The molecule has 0 spiro atoms. The summed E-state index contributed by atoms with van der Waals surface area (Å²) in [7, 11) is 0. The lowest BCUT2D eigenvalue weighted by Gasteiger charge is -2.30. The van der Waals surface area contributed by atoms with Gasteiger partial charge in [0.05, 0.1) is 12.5 Å². The molecule has 92 valence electrons. The molecule has 1 saturated heterocycles. The molecule has 0 bridgehead atoms. The molecule has 0 aromatic heterocycles. The molecule has 0 unspecified atom stereocenters. The van der Waals surface area contributed by atoms with Crippen molar-refractivity contribution < 1.29 is 9.53 Å². The maximum atomic E-state index is 11.9. The van der Waals surface area contributed by atoms with Crippen molar-refractivity contribution in [2.75, 3.05) is 19.7 Å². The summed E-state index contributed by atoms with van der Waals surface area (Å²) in [6, 6.07) is 10.2. The van der Waals surface area contributed by atoms with Gasteiger partial charge in [-0.25, -0.2) is 0 Å². The van der Waals surface area contributed by atoms with E-state index in [1.165, 1.54) is 5.56 Å². The Hall–Kier alpha value is -1.35. The third-order valence-corrected chi connectivity index (χ3v) is 3.30. The topological polar surface area (TPSA) is 38.3 Å². The van der Waals surface area contributed by atoms with E-state index >= 15 is 0 Å². The standard InChI is InChI=1S/C14H19NO2/c1-2-17-14(16)12-8-9-15-10-13(12)11-6-4-3-5-7-11/h3-7,12-13,15H,2,8-10H2,1H3/t12-,13+/m1/s1. The van der Waals surface area contributed by atoms with Gasteiger partial charge in [0, 0.05) is 12.5 Å². The van der Waals surface area contributed by atoms with Crippen LogP contribution in [0.5, 0.6) is 0 Å². The predicted molar refractivity (Wildman–Crippen MR) is 66.8 cm³/mol.